The standard InChI is InChI=1S/C8H11N3/c1-7(2)11-6-5-10-8(11)3-4-9/h5-7H,3H2,1-2H3. The molecule has 0 atom stereocenters. The number of imidazole rings is 1. The fraction of sp³-hybridized carbons (Fsp3) is 0.500. The molecule has 0 amide bonds. The molecule has 0 fully saturated rings. The zero-order valence-corrected chi connectivity index (χ0v) is 6.78. The lowest BCUT2D eigenvalue weighted by Gasteiger charge is -2.08. The van der Waals surface area contributed by atoms with Crippen molar-refractivity contribution in [2.75, 3.05) is 0 Å². The van der Waals surface area contributed by atoms with Crippen molar-refractivity contribution in [2.24, 2.45) is 0 Å². The Morgan fingerprint density at radius 3 is 3.00 bits per heavy atom. The van der Waals surface area contributed by atoms with Gasteiger partial charge in [-0.3, -0.25) is 0 Å². The molecule has 58 valence electrons. The summed E-state index contributed by atoms with van der Waals surface area (Å²) in [6.45, 7) is 4.14. The highest BCUT2D eigenvalue weighted by Crippen LogP contribution is 2.07. The van der Waals surface area contributed by atoms with Crippen molar-refractivity contribution < 1.29 is 0 Å². The van der Waals surface area contributed by atoms with E-state index in [1.807, 2.05) is 10.8 Å². The van der Waals surface area contributed by atoms with Gasteiger partial charge in [0.05, 0.1) is 12.5 Å². The normalized spacial score (nSPS) is 10.0. The van der Waals surface area contributed by atoms with Crippen LogP contribution in [-0.2, 0) is 6.42 Å². The van der Waals surface area contributed by atoms with Crippen LogP contribution >= 0.6 is 0 Å². The van der Waals surface area contributed by atoms with Gasteiger partial charge in [0.25, 0.3) is 0 Å². The number of aromatic nitrogens is 2. The van der Waals surface area contributed by atoms with Crippen molar-refractivity contribution in [3.05, 3.63) is 18.2 Å². The fourth-order valence-corrected chi connectivity index (χ4v) is 1.02. The van der Waals surface area contributed by atoms with Gasteiger partial charge in [-0.25, -0.2) is 4.98 Å². The molecule has 0 saturated carbocycles. The Hall–Kier alpha value is -1.30. The van der Waals surface area contributed by atoms with Crippen LogP contribution in [-0.4, -0.2) is 9.55 Å². The van der Waals surface area contributed by atoms with Crippen LogP contribution in [0.4, 0.5) is 0 Å². The molecule has 1 rings (SSSR count). The summed E-state index contributed by atoms with van der Waals surface area (Å²) < 4.78 is 2.00. The molecule has 0 saturated heterocycles. The van der Waals surface area contributed by atoms with Crippen LogP contribution < -0.4 is 0 Å². The monoisotopic (exact) mass is 149 g/mol. The Morgan fingerprint density at radius 2 is 2.45 bits per heavy atom. The van der Waals surface area contributed by atoms with E-state index >= 15 is 0 Å². The van der Waals surface area contributed by atoms with Gasteiger partial charge in [0, 0.05) is 18.4 Å². The van der Waals surface area contributed by atoms with Crippen molar-refractivity contribution in [1.82, 2.24) is 9.55 Å². The van der Waals surface area contributed by atoms with Crippen molar-refractivity contribution in [3.8, 4) is 6.07 Å². The van der Waals surface area contributed by atoms with E-state index in [4.69, 9.17) is 5.26 Å². The molecule has 3 nitrogen and oxygen atoms in total. The number of rotatable bonds is 2. The van der Waals surface area contributed by atoms with Crippen molar-refractivity contribution in [2.45, 2.75) is 26.3 Å². The molecule has 1 aromatic heterocycles. The van der Waals surface area contributed by atoms with Crippen molar-refractivity contribution in [1.29, 1.82) is 5.26 Å². The van der Waals surface area contributed by atoms with Crippen molar-refractivity contribution in [3.63, 3.8) is 0 Å². The first-order chi connectivity index (χ1) is 5.25. The van der Waals surface area contributed by atoms with Gasteiger partial charge >= 0.3 is 0 Å². The fourth-order valence-electron chi connectivity index (χ4n) is 1.02. The number of nitrogens with zero attached hydrogens (tertiary/aromatic N) is 3. The van der Waals surface area contributed by atoms with E-state index < -0.39 is 0 Å². The predicted octanol–water partition coefficient (Wildman–Crippen LogP) is 1.53. The van der Waals surface area contributed by atoms with Crippen LogP contribution in [0.2, 0.25) is 0 Å². The molecule has 0 N–H and O–H groups in total. The number of hydrogen-bond donors (Lipinski definition) is 0. The smallest absolute Gasteiger partial charge is 0.123 e. The Morgan fingerprint density at radius 1 is 1.73 bits per heavy atom. The Balaban J connectivity index is 2.89. The van der Waals surface area contributed by atoms with E-state index in [0.29, 0.717) is 12.5 Å². The second-order valence-corrected chi connectivity index (χ2v) is 2.68. The summed E-state index contributed by atoms with van der Waals surface area (Å²) in [5.74, 6) is 0.850. The summed E-state index contributed by atoms with van der Waals surface area (Å²) in [4.78, 5) is 4.07. The lowest BCUT2D eigenvalue weighted by atomic mass is 10.3. The van der Waals surface area contributed by atoms with Crippen LogP contribution in [0.1, 0.15) is 25.7 Å². The van der Waals surface area contributed by atoms with Gasteiger partial charge in [0.2, 0.25) is 0 Å². The van der Waals surface area contributed by atoms with Gasteiger partial charge in [0.1, 0.15) is 5.82 Å². The van der Waals surface area contributed by atoms with E-state index in [0.717, 1.165) is 5.82 Å². The van der Waals surface area contributed by atoms with E-state index in [-0.39, 0.29) is 0 Å². The molecule has 0 aliphatic carbocycles. The first-order valence-electron chi connectivity index (χ1n) is 3.64. The molecular formula is C8H11N3. The lowest BCUT2D eigenvalue weighted by molar-refractivity contribution is 0.577. The predicted molar refractivity (Wildman–Crippen MR) is 41.9 cm³/mol. The lowest BCUT2D eigenvalue weighted by Crippen LogP contribution is -2.04. The minimum absolute atomic E-state index is 0.390. The molecule has 0 bridgehead atoms. The SMILES string of the molecule is CC(C)n1ccnc1CC#N. The summed E-state index contributed by atoms with van der Waals surface area (Å²) in [5.41, 5.74) is 0. The summed E-state index contributed by atoms with van der Waals surface area (Å²) >= 11 is 0. The third-order valence-electron chi connectivity index (χ3n) is 1.54. The second kappa shape index (κ2) is 3.20. The maximum Gasteiger partial charge on any atom is 0.123 e. The van der Waals surface area contributed by atoms with Gasteiger partial charge in [-0.15, -0.1) is 0 Å². The molecule has 0 aromatic carbocycles. The molecule has 1 aromatic rings. The Labute approximate surface area is 66.3 Å². The zero-order chi connectivity index (χ0) is 8.27. The summed E-state index contributed by atoms with van der Waals surface area (Å²) in [5, 5.41) is 8.44. The van der Waals surface area contributed by atoms with Crippen LogP contribution in [0.5, 0.6) is 0 Å². The van der Waals surface area contributed by atoms with Gasteiger partial charge < -0.3 is 4.57 Å². The average molecular weight is 149 g/mol. The van der Waals surface area contributed by atoms with Gasteiger partial charge in [-0.2, -0.15) is 5.26 Å². The van der Waals surface area contributed by atoms with Crippen LogP contribution in [0.25, 0.3) is 0 Å². The molecule has 0 aliphatic rings. The molecule has 1 heterocycles. The molecule has 0 unspecified atom stereocenters. The van der Waals surface area contributed by atoms with Gasteiger partial charge in [0.15, 0.2) is 0 Å². The Bertz CT molecular complexity index is 267. The van der Waals surface area contributed by atoms with Gasteiger partial charge in [-0.05, 0) is 13.8 Å². The summed E-state index contributed by atoms with van der Waals surface area (Å²) in [6.07, 6.45) is 4.02. The van der Waals surface area contributed by atoms with Crippen LogP contribution in [0.15, 0.2) is 12.4 Å². The third kappa shape index (κ3) is 1.58. The highest BCUT2D eigenvalue weighted by molar-refractivity contribution is 5.00. The highest BCUT2D eigenvalue weighted by atomic mass is 15.1. The molecular weight excluding hydrogens is 138 g/mol. The van der Waals surface area contributed by atoms with E-state index in [2.05, 4.69) is 24.9 Å². The minimum atomic E-state index is 0.390. The summed E-state index contributed by atoms with van der Waals surface area (Å²) in [7, 11) is 0. The summed E-state index contributed by atoms with van der Waals surface area (Å²) in [6, 6.07) is 2.47. The minimum Gasteiger partial charge on any atom is -0.332 e. The largest absolute Gasteiger partial charge is 0.332 e. The maximum atomic E-state index is 8.44. The molecule has 3 heteroatoms. The van der Waals surface area contributed by atoms with E-state index in [9.17, 15) is 0 Å². The quantitative estimate of drug-likeness (QED) is 0.639. The van der Waals surface area contributed by atoms with Crippen LogP contribution in [0, 0.1) is 11.3 Å². The number of nitriles is 1. The molecule has 0 spiro atoms. The molecule has 11 heavy (non-hydrogen) atoms. The first kappa shape index (κ1) is 7.80. The average Bonchev–Trinajstić information content (AvgIpc) is 2.36. The van der Waals surface area contributed by atoms with Crippen molar-refractivity contribution >= 4 is 0 Å². The Kier molecular flexibility index (Phi) is 2.27. The molecule has 0 aliphatic heterocycles. The van der Waals surface area contributed by atoms with E-state index in [1.165, 1.54) is 0 Å². The first-order valence-corrected chi connectivity index (χ1v) is 3.64. The highest BCUT2D eigenvalue weighted by Gasteiger charge is 2.03. The van der Waals surface area contributed by atoms with Gasteiger partial charge in [-0.1, -0.05) is 0 Å². The topological polar surface area (TPSA) is 41.6 Å². The third-order valence-corrected chi connectivity index (χ3v) is 1.54. The number of hydrogen-bond acceptors (Lipinski definition) is 2. The second-order valence-electron chi connectivity index (χ2n) is 2.68. The zero-order valence-electron chi connectivity index (χ0n) is 6.78. The maximum absolute atomic E-state index is 8.44. The van der Waals surface area contributed by atoms with E-state index in [1.54, 1.807) is 6.20 Å². The van der Waals surface area contributed by atoms with Crippen LogP contribution in [0.3, 0.4) is 0 Å². The molecule has 0 radical (unpaired) electrons.